The number of carbonyl (C=O) groups is 2. The quantitative estimate of drug-likeness (QED) is 0.800. The number of amides is 2. The lowest BCUT2D eigenvalue weighted by Gasteiger charge is -2.08. The molecule has 5 nitrogen and oxygen atoms in total. The van der Waals surface area contributed by atoms with Gasteiger partial charge in [-0.3, -0.25) is 14.6 Å². The van der Waals surface area contributed by atoms with Crippen molar-refractivity contribution in [3.05, 3.63) is 77.1 Å². The van der Waals surface area contributed by atoms with Crippen molar-refractivity contribution in [1.29, 1.82) is 0 Å². The highest BCUT2D eigenvalue weighted by Gasteiger charge is 2.11. The molecule has 2 aromatic rings. The number of pyridine rings is 1. The van der Waals surface area contributed by atoms with E-state index in [0.29, 0.717) is 23.7 Å². The van der Waals surface area contributed by atoms with Crippen LogP contribution in [0.2, 0.25) is 5.02 Å². The molecular formula is C17H16ClN3O2. The van der Waals surface area contributed by atoms with Gasteiger partial charge in [-0.15, -0.1) is 6.58 Å². The number of halogens is 1. The fourth-order valence-corrected chi connectivity index (χ4v) is 2.07. The molecule has 2 N–H and O–H groups in total. The number of carbonyl (C=O) groups excluding carboxylic acids is 2. The first-order valence-corrected chi connectivity index (χ1v) is 7.36. The SMILES string of the molecule is C=CCNC(=O)c1cc(C(=O)NCc2ccccc2Cl)ccn1. The van der Waals surface area contributed by atoms with Crippen LogP contribution in [0.25, 0.3) is 0 Å². The zero-order chi connectivity index (χ0) is 16.7. The van der Waals surface area contributed by atoms with Crippen molar-refractivity contribution in [2.24, 2.45) is 0 Å². The van der Waals surface area contributed by atoms with Crippen LogP contribution in [0, 0.1) is 0 Å². The molecule has 23 heavy (non-hydrogen) atoms. The number of aromatic nitrogens is 1. The van der Waals surface area contributed by atoms with Crippen LogP contribution in [-0.2, 0) is 6.54 Å². The Balaban J connectivity index is 2.03. The standard InChI is InChI=1S/C17H16ClN3O2/c1-2-8-20-17(23)15-10-12(7-9-19-15)16(22)21-11-13-5-3-4-6-14(13)18/h2-7,9-10H,1,8,11H2,(H,20,23)(H,21,22). The van der Waals surface area contributed by atoms with Crippen molar-refractivity contribution in [1.82, 2.24) is 15.6 Å². The second-order valence-electron chi connectivity index (χ2n) is 4.70. The van der Waals surface area contributed by atoms with Gasteiger partial charge in [-0.2, -0.15) is 0 Å². The topological polar surface area (TPSA) is 71.1 Å². The minimum atomic E-state index is -0.356. The Morgan fingerprint density at radius 3 is 2.70 bits per heavy atom. The van der Waals surface area contributed by atoms with E-state index < -0.39 is 0 Å². The Morgan fingerprint density at radius 2 is 1.96 bits per heavy atom. The second-order valence-corrected chi connectivity index (χ2v) is 5.11. The highest BCUT2D eigenvalue weighted by molar-refractivity contribution is 6.31. The van der Waals surface area contributed by atoms with Gasteiger partial charge in [-0.05, 0) is 23.8 Å². The predicted molar refractivity (Wildman–Crippen MR) is 89.4 cm³/mol. The van der Waals surface area contributed by atoms with E-state index in [0.717, 1.165) is 5.56 Å². The number of hydrogen-bond acceptors (Lipinski definition) is 3. The molecule has 0 bridgehead atoms. The molecule has 0 aliphatic carbocycles. The van der Waals surface area contributed by atoms with Gasteiger partial charge in [0.05, 0.1) is 0 Å². The zero-order valence-corrected chi connectivity index (χ0v) is 13.1. The second kappa shape index (κ2) is 8.10. The van der Waals surface area contributed by atoms with E-state index in [9.17, 15) is 9.59 Å². The highest BCUT2D eigenvalue weighted by atomic mass is 35.5. The molecule has 1 heterocycles. The predicted octanol–water partition coefficient (Wildman–Crippen LogP) is 2.58. The first kappa shape index (κ1) is 16.7. The smallest absolute Gasteiger partial charge is 0.270 e. The Morgan fingerprint density at radius 1 is 1.17 bits per heavy atom. The Bertz CT molecular complexity index is 731. The molecule has 0 fully saturated rings. The van der Waals surface area contributed by atoms with Crippen molar-refractivity contribution < 1.29 is 9.59 Å². The number of rotatable bonds is 6. The van der Waals surface area contributed by atoms with Crippen molar-refractivity contribution >= 4 is 23.4 Å². The zero-order valence-electron chi connectivity index (χ0n) is 12.4. The third-order valence-electron chi connectivity index (χ3n) is 3.06. The van der Waals surface area contributed by atoms with Crippen LogP contribution in [0.1, 0.15) is 26.4 Å². The summed E-state index contributed by atoms with van der Waals surface area (Å²) < 4.78 is 0. The first-order chi connectivity index (χ1) is 11.1. The average molecular weight is 330 g/mol. The van der Waals surface area contributed by atoms with Crippen molar-refractivity contribution in [2.75, 3.05) is 6.54 Å². The maximum absolute atomic E-state index is 12.2. The summed E-state index contributed by atoms with van der Waals surface area (Å²) in [6, 6.07) is 10.3. The van der Waals surface area contributed by atoms with Gasteiger partial charge in [0.2, 0.25) is 0 Å². The Hall–Kier alpha value is -2.66. The molecule has 0 radical (unpaired) electrons. The van der Waals surface area contributed by atoms with Gasteiger partial charge in [0, 0.05) is 29.9 Å². The molecule has 0 aliphatic heterocycles. The third kappa shape index (κ3) is 4.66. The molecule has 1 aromatic heterocycles. The summed E-state index contributed by atoms with van der Waals surface area (Å²) in [5, 5.41) is 5.97. The van der Waals surface area contributed by atoms with Gasteiger partial charge in [-0.1, -0.05) is 35.9 Å². The summed E-state index contributed by atoms with van der Waals surface area (Å²) in [5.74, 6) is -0.657. The summed E-state index contributed by atoms with van der Waals surface area (Å²) in [7, 11) is 0. The van der Waals surface area contributed by atoms with Crippen molar-refractivity contribution in [3.63, 3.8) is 0 Å². The van der Waals surface area contributed by atoms with E-state index in [1.54, 1.807) is 18.2 Å². The van der Waals surface area contributed by atoms with Crippen molar-refractivity contribution in [3.8, 4) is 0 Å². The van der Waals surface area contributed by atoms with E-state index >= 15 is 0 Å². The number of nitrogens with one attached hydrogen (secondary N) is 2. The van der Waals surface area contributed by atoms with Crippen LogP contribution >= 0.6 is 11.6 Å². The Labute approximate surface area is 139 Å². The lowest BCUT2D eigenvalue weighted by atomic mass is 10.2. The molecule has 6 heteroatoms. The summed E-state index contributed by atoms with van der Waals surface area (Å²) in [6.45, 7) is 4.16. The third-order valence-corrected chi connectivity index (χ3v) is 3.43. The molecule has 1 aromatic carbocycles. The Kier molecular flexibility index (Phi) is 5.88. The number of benzene rings is 1. The largest absolute Gasteiger partial charge is 0.348 e. The van der Waals surface area contributed by atoms with E-state index in [1.807, 2.05) is 18.2 Å². The molecular weight excluding hydrogens is 314 g/mol. The number of nitrogens with zero attached hydrogens (tertiary/aromatic N) is 1. The van der Waals surface area contributed by atoms with E-state index in [-0.39, 0.29) is 17.5 Å². The average Bonchev–Trinajstić information content (AvgIpc) is 2.58. The minimum Gasteiger partial charge on any atom is -0.348 e. The first-order valence-electron chi connectivity index (χ1n) is 6.98. The summed E-state index contributed by atoms with van der Waals surface area (Å²) in [4.78, 5) is 28.0. The maximum atomic E-state index is 12.2. The summed E-state index contributed by atoms with van der Waals surface area (Å²) in [5.41, 5.74) is 1.36. The normalized spacial score (nSPS) is 9.96. The van der Waals surface area contributed by atoms with Gasteiger partial charge in [0.1, 0.15) is 5.69 Å². The molecule has 2 rings (SSSR count). The van der Waals surface area contributed by atoms with Crippen LogP contribution < -0.4 is 10.6 Å². The van der Waals surface area contributed by atoms with Gasteiger partial charge in [0.25, 0.3) is 11.8 Å². The molecule has 0 unspecified atom stereocenters. The van der Waals surface area contributed by atoms with Gasteiger partial charge < -0.3 is 10.6 Å². The van der Waals surface area contributed by atoms with E-state index in [2.05, 4.69) is 22.2 Å². The molecule has 0 atom stereocenters. The van der Waals surface area contributed by atoms with Crippen LogP contribution in [0.3, 0.4) is 0 Å². The lowest BCUT2D eigenvalue weighted by molar-refractivity contribution is 0.0951. The van der Waals surface area contributed by atoms with Gasteiger partial charge >= 0.3 is 0 Å². The summed E-state index contributed by atoms with van der Waals surface area (Å²) in [6.07, 6.45) is 2.99. The molecule has 0 aliphatic rings. The molecule has 0 saturated carbocycles. The van der Waals surface area contributed by atoms with Gasteiger partial charge in [-0.25, -0.2) is 0 Å². The van der Waals surface area contributed by atoms with Crippen LogP contribution in [-0.4, -0.2) is 23.3 Å². The van der Waals surface area contributed by atoms with E-state index in [4.69, 9.17) is 11.6 Å². The molecule has 2 amide bonds. The molecule has 118 valence electrons. The molecule has 0 spiro atoms. The fraction of sp³-hybridized carbons (Fsp3) is 0.118. The van der Waals surface area contributed by atoms with E-state index in [1.165, 1.54) is 12.3 Å². The van der Waals surface area contributed by atoms with Gasteiger partial charge in [0.15, 0.2) is 0 Å². The monoisotopic (exact) mass is 329 g/mol. The molecule has 0 saturated heterocycles. The number of hydrogen-bond donors (Lipinski definition) is 2. The van der Waals surface area contributed by atoms with Crippen LogP contribution in [0.15, 0.2) is 55.3 Å². The van der Waals surface area contributed by atoms with Crippen LogP contribution in [0.5, 0.6) is 0 Å². The lowest BCUT2D eigenvalue weighted by Crippen LogP contribution is -2.26. The van der Waals surface area contributed by atoms with Crippen LogP contribution in [0.4, 0.5) is 0 Å². The minimum absolute atomic E-state index is 0.178. The van der Waals surface area contributed by atoms with Crippen molar-refractivity contribution in [2.45, 2.75) is 6.54 Å². The summed E-state index contributed by atoms with van der Waals surface area (Å²) >= 11 is 6.05. The highest BCUT2D eigenvalue weighted by Crippen LogP contribution is 2.14. The maximum Gasteiger partial charge on any atom is 0.270 e. The fourth-order valence-electron chi connectivity index (χ4n) is 1.87.